The zero-order valence-electron chi connectivity index (χ0n) is 9.39. The Morgan fingerprint density at radius 1 is 1.47 bits per heavy atom. The number of aromatic nitrogens is 2. The molecule has 1 heterocycles. The van der Waals surface area contributed by atoms with E-state index in [0.717, 1.165) is 37.9 Å². The summed E-state index contributed by atoms with van der Waals surface area (Å²) in [7, 11) is 0. The fourth-order valence-corrected chi connectivity index (χ4v) is 2.48. The van der Waals surface area contributed by atoms with Gasteiger partial charge in [0.2, 0.25) is 0 Å². The largest absolute Gasteiger partial charge is 0.391 e. The highest BCUT2D eigenvalue weighted by molar-refractivity contribution is 4.98. The average Bonchev–Trinajstić information content (AvgIpc) is 2.67. The number of aliphatic hydroxyl groups is 1. The van der Waals surface area contributed by atoms with Crippen LogP contribution >= 0.6 is 0 Å². The minimum atomic E-state index is -0.177. The number of nitrogens with zero attached hydrogens (tertiary/aromatic N) is 2. The SMILES string of the molecule is CCCc1nccn1C1CCCCC1O. The van der Waals surface area contributed by atoms with Gasteiger partial charge in [-0.2, -0.15) is 0 Å². The second kappa shape index (κ2) is 4.79. The van der Waals surface area contributed by atoms with E-state index in [0.29, 0.717) is 0 Å². The van der Waals surface area contributed by atoms with Gasteiger partial charge in [-0.25, -0.2) is 4.98 Å². The zero-order valence-corrected chi connectivity index (χ0v) is 9.39. The molecule has 1 N–H and O–H groups in total. The molecule has 1 aromatic rings. The molecule has 1 aromatic heterocycles. The van der Waals surface area contributed by atoms with E-state index in [1.165, 1.54) is 6.42 Å². The van der Waals surface area contributed by atoms with E-state index in [2.05, 4.69) is 16.5 Å². The molecule has 0 saturated heterocycles. The molecule has 0 amide bonds. The molecule has 2 atom stereocenters. The van der Waals surface area contributed by atoms with Gasteiger partial charge < -0.3 is 9.67 Å². The first-order valence-electron chi connectivity index (χ1n) is 6.02. The van der Waals surface area contributed by atoms with Crippen molar-refractivity contribution in [2.75, 3.05) is 0 Å². The minimum Gasteiger partial charge on any atom is -0.391 e. The molecule has 84 valence electrons. The monoisotopic (exact) mass is 208 g/mol. The van der Waals surface area contributed by atoms with Crippen molar-refractivity contribution in [1.29, 1.82) is 0 Å². The maximum Gasteiger partial charge on any atom is 0.108 e. The van der Waals surface area contributed by atoms with Crippen LogP contribution in [0.25, 0.3) is 0 Å². The third-order valence-corrected chi connectivity index (χ3v) is 3.27. The first-order chi connectivity index (χ1) is 7.33. The molecule has 0 radical (unpaired) electrons. The fourth-order valence-electron chi connectivity index (χ4n) is 2.48. The minimum absolute atomic E-state index is 0.177. The smallest absolute Gasteiger partial charge is 0.108 e. The lowest BCUT2D eigenvalue weighted by Crippen LogP contribution is -2.28. The molecule has 0 aliphatic heterocycles. The maximum absolute atomic E-state index is 9.98. The van der Waals surface area contributed by atoms with Crippen molar-refractivity contribution in [1.82, 2.24) is 9.55 Å². The highest BCUT2D eigenvalue weighted by Gasteiger charge is 2.25. The number of aliphatic hydroxyl groups excluding tert-OH is 1. The Morgan fingerprint density at radius 3 is 3.00 bits per heavy atom. The Balaban J connectivity index is 2.15. The summed E-state index contributed by atoms with van der Waals surface area (Å²) in [5, 5.41) is 9.98. The van der Waals surface area contributed by atoms with Gasteiger partial charge in [0.05, 0.1) is 12.1 Å². The van der Waals surface area contributed by atoms with Crippen LogP contribution in [-0.4, -0.2) is 20.8 Å². The summed E-state index contributed by atoms with van der Waals surface area (Å²) in [6.07, 6.45) is 10.2. The summed E-state index contributed by atoms with van der Waals surface area (Å²) in [5.74, 6) is 1.13. The van der Waals surface area contributed by atoms with Gasteiger partial charge in [0.25, 0.3) is 0 Å². The molecular weight excluding hydrogens is 188 g/mol. The van der Waals surface area contributed by atoms with Crippen LogP contribution in [0.2, 0.25) is 0 Å². The van der Waals surface area contributed by atoms with Crippen LogP contribution in [0.4, 0.5) is 0 Å². The Hall–Kier alpha value is -0.830. The van der Waals surface area contributed by atoms with E-state index in [9.17, 15) is 5.11 Å². The van der Waals surface area contributed by atoms with Crippen LogP contribution < -0.4 is 0 Å². The van der Waals surface area contributed by atoms with Gasteiger partial charge in [-0.3, -0.25) is 0 Å². The molecule has 0 spiro atoms. The first kappa shape index (κ1) is 10.7. The topological polar surface area (TPSA) is 38.0 Å². The summed E-state index contributed by atoms with van der Waals surface area (Å²) in [4.78, 5) is 4.37. The van der Waals surface area contributed by atoms with Crippen molar-refractivity contribution in [2.45, 2.75) is 57.6 Å². The highest BCUT2D eigenvalue weighted by Crippen LogP contribution is 2.29. The van der Waals surface area contributed by atoms with Crippen LogP contribution in [0.15, 0.2) is 12.4 Å². The summed E-state index contributed by atoms with van der Waals surface area (Å²) in [5.41, 5.74) is 0. The maximum atomic E-state index is 9.98. The molecule has 3 nitrogen and oxygen atoms in total. The van der Waals surface area contributed by atoms with Crippen LogP contribution in [0.1, 0.15) is 50.9 Å². The molecule has 2 unspecified atom stereocenters. The quantitative estimate of drug-likeness (QED) is 0.827. The highest BCUT2D eigenvalue weighted by atomic mass is 16.3. The average molecular weight is 208 g/mol. The van der Waals surface area contributed by atoms with Gasteiger partial charge in [0, 0.05) is 18.8 Å². The molecular formula is C12H20N2O. The Bertz CT molecular complexity index is 308. The molecule has 1 fully saturated rings. The second-order valence-corrected chi connectivity index (χ2v) is 4.42. The molecule has 0 aromatic carbocycles. The van der Waals surface area contributed by atoms with Crippen LogP contribution in [0, 0.1) is 0 Å². The van der Waals surface area contributed by atoms with Crippen LogP contribution in [-0.2, 0) is 6.42 Å². The van der Waals surface area contributed by atoms with E-state index in [1.54, 1.807) is 0 Å². The first-order valence-corrected chi connectivity index (χ1v) is 6.02. The summed E-state index contributed by atoms with van der Waals surface area (Å²) in [6, 6.07) is 0.266. The Labute approximate surface area is 91.1 Å². The third-order valence-electron chi connectivity index (χ3n) is 3.27. The lowest BCUT2D eigenvalue weighted by Gasteiger charge is -2.29. The van der Waals surface area contributed by atoms with E-state index >= 15 is 0 Å². The third kappa shape index (κ3) is 2.23. The van der Waals surface area contributed by atoms with Gasteiger partial charge in [0.1, 0.15) is 5.82 Å². The van der Waals surface area contributed by atoms with Crippen molar-refractivity contribution >= 4 is 0 Å². The van der Waals surface area contributed by atoms with Crippen molar-refractivity contribution in [3.05, 3.63) is 18.2 Å². The van der Waals surface area contributed by atoms with Gasteiger partial charge >= 0.3 is 0 Å². The van der Waals surface area contributed by atoms with Crippen LogP contribution in [0.5, 0.6) is 0 Å². The summed E-state index contributed by atoms with van der Waals surface area (Å²) >= 11 is 0. The predicted molar refractivity (Wildman–Crippen MR) is 59.7 cm³/mol. The molecule has 1 aliphatic rings. The summed E-state index contributed by atoms with van der Waals surface area (Å²) < 4.78 is 2.19. The normalized spacial score (nSPS) is 26.8. The molecule has 2 rings (SSSR count). The number of hydrogen-bond acceptors (Lipinski definition) is 2. The lowest BCUT2D eigenvalue weighted by molar-refractivity contribution is 0.0740. The van der Waals surface area contributed by atoms with Crippen molar-refractivity contribution < 1.29 is 5.11 Å². The molecule has 15 heavy (non-hydrogen) atoms. The lowest BCUT2D eigenvalue weighted by atomic mass is 9.92. The summed E-state index contributed by atoms with van der Waals surface area (Å²) in [6.45, 7) is 2.16. The van der Waals surface area contributed by atoms with Gasteiger partial charge in [-0.1, -0.05) is 19.8 Å². The predicted octanol–water partition coefficient (Wildman–Crippen LogP) is 2.31. The van der Waals surface area contributed by atoms with E-state index in [4.69, 9.17) is 0 Å². The number of imidazole rings is 1. The van der Waals surface area contributed by atoms with Crippen molar-refractivity contribution in [2.24, 2.45) is 0 Å². The molecule has 3 heteroatoms. The van der Waals surface area contributed by atoms with Gasteiger partial charge in [-0.05, 0) is 19.3 Å². The van der Waals surface area contributed by atoms with Crippen molar-refractivity contribution in [3.8, 4) is 0 Å². The number of rotatable bonds is 3. The van der Waals surface area contributed by atoms with E-state index in [1.807, 2.05) is 12.4 Å². The Morgan fingerprint density at radius 2 is 2.27 bits per heavy atom. The molecule has 0 bridgehead atoms. The van der Waals surface area contributed by atoms with Crippen molar-refractivity contribution in [3.63, 3.8) is 0 Å². The number of hydrogen-bond donors (Lipinski definition) is 1. The van der Waals surface area contributed by atoms with Gasteiger partial charge in [-0.15, -0.1) is 0 Å². The second-order valence-electron chi connectivity index (χ2n) is 4.42. The number of aryl methyl sites for hydroxylation is 1. The van der Waals surface area contributed by atoms with E-state index < -0.39 is 0 Å². The van der Waals surface area contributed by atoms with E-state index in [-0.39, 0.29) is 12.1 Å². The fraction of sp³-hybridized carbons (Fsp3) is 0.750. The van der Waals surface area contributed by atoms with Crippen LogP contribution in [0.3, 0.4) is 0 Å². The molecule has 1 aliphatic carbocycles. The Kier molecular flexibility index (Phi) is 3.41. The zero-order chi connectivity index (χ0) is 10.7. The standard InChI is InChI=1S/C12H20N2O/c1-2-5-12-13-8-9-14(12)10-6-3-4-7-11(10)15/h8-11,15H,2-7H2,1H3. The van der Waals surface area contributed by atoms with Gasteiger partial charge in [0.15, 0.2) is 0 Å². The molecule has 1 saturated carbocycles.